The maximum absolute atomic E-state index is 11.6. The van der Waals surface area contributed by atoms with Gasteiger partial charge in [-0.2, -0.15) is 5.10 Å². The highest BCUT2D eigenvalue weighted by Gasteiger charge is 2.12. The van der Waals surface area contributed by atoms with Crippen molar-refractivity contribution in [1.29, 1.82) is 0 Å². The van der Waals surface area contributed by atoms with E-state index in [1.165, 1.54) is 17.1 Å². The molecule has 0 atom stereocenters. The van der Waals surface area contributed by atoms with Crippen molar-refractivity contribution < 1.29 is 14.7 Å². The normalized spacial score (nSPS) is 11.3. The van der Waals surface area contributed by atoms with Gasteiger partial charge in [0, 0.05) is 11.7 Å². The second-order valence-corrected chi connectivity index (χ2v) is 4.97. The maximum atomic E-state index is 11.6. The molecule has 1 heterocycles. The molecule has 100 valence electrons. The van der Waals surface area contributed by atoms with Crippen molar-refractivity contribution in [2.75, 3.05) is 11.9 Å². The van der Waals surface area contributed by atoms with E-state index < -0.39 is 5.97 Å². The Kier molecular flexibility index (Phi) is 4.43. The Balaban J connectivity index is 2.45. The first-order valence-corrected chi connectivity index (χ1v) is 5.55. The molecule has 0 bridgehead atoms. The lowest BCUT2D eigenvalue weighted by Crippen LogP contribution is -2.41. The third kappa shape index (κ3) is 5.44. The number of hydrogen-bond acceptors (Lipinski definition) is 4. The highest BCUT2D eigenvalue weighted by Crippen LogP contribution is 2.04. The van der Waals surface area contributed by atoms with Crippen molar-refractivity contribution in [1.82, 2.24) is 15.1 Å². The molecule has 1 amide bonds. The lowest BCUT2D eigenvalue weighted by molar-refractivity contribution is -0.137. The molecule has 0 aliphatic carbocycles. The van der Waals surface area contributed by atoms with Gasteiger partial charge in [0.2, 0.25) is 5.91 Å². The zero-order chi connectivity index (χ0) is 13.8. The first-order valence-electron chi connectivity index (χ1n) is 5.55. The summed E-state index contributed by atoms with van der Waals surface area (Å²) >= 11 is 0. The van der Waals surface area contributed by atoms with Crippen LogP contribution in [0.25, 0.3) is 0 Å². The fraction of sp³-hybridized carbons (Fsp3) is 0.545. The minimum Gasteiger partial charge on any atom is -0.480 e. The second-order valence-electron chi connectivity index (χ2n) is 4.97. The smallest absolute Gasteiger partial charge is 0.325 e. The van der Waals surface area contributed by atoms with Gasteiger partial charge in [0.1, 0.15) is 6.54 Å². The third-order valence-corrected chi connectivity index (χ3v) is 1.99. The summed E-state index contributed by atoms with van der Waals surface area (Å²) < 4.78 is 1.25. The van der Waals surface area contributed by atoms with Crippen LogP contribution in [0.5, 0.6) is 0 Å². The molecule has 7 heteroatoms. The molecule has 1 aromatic rings. The molecule has 3 N–H and O–H groups in total. The van der Waals surface area contributed by atoms with Crippen LogP contribution in [0.3, 0.4) is 0 Å². The monoisotopic (exact) mass is 254 g/mol. The van der Waals surface area contributed by atoms with Crippen molar-refractivity contribution in [2.24, 2.45) is 0 Å². The van der Waals surface area contributed by atoms with Gasteiger partial charge in [-0.05, 0) is 20.8 Å². The standard InChI is InChI=1S/C11H18N4O3/c1-11(2,3)12-5-9(16)14-8-4-13-15(6-8)7-10(17)18/h4,6,12H,5,7H2,1-3H3,(H,14,16)(H,17,18). The van der Waals surface area contributed by atoms with Gasteiger partial charge in [-0.15, -0.1) is 0 Å². The minimum absolute atomic E-state index is 0.134. The average molecular weight is 254 g/mol. The summed E-state index contributed by atoms with van der Waals surface area (Å²) in [4.78, 5) is 22.0. The van der Waals surface area contributed by atoms with E-state index in [-0.39, 0.29) is 24.5 Å². The zero-order valence-corrected chi connectivity index (χ0v) is 10.7. The highest BCUT2D eigenvalue weighted by atomic mass is 16.4. The molecule has 1 rings (SSSR count). The number of aliphatic carboxylic acids is 1. The molecule has 1 aromatic heterocycles. The molecule has 0 aliphatic heterocycles. The van der Waals surface area contributed by atoms with Gasteiger partial charge >= 0.3 is 5.97 Å². The van der Waals surface area contributed by atoms with E-state index in [4.69, 9.17) is 5.11 Å². The summed E-state index contributed by atoms with van der Waals surface area (Å²) in [5.74, 6) is -1.18. The zero-order valence-electron chi connectivity index (χ0n) is 10.7. The molecule has 18 heavy (non-hydrogen) atoms. The van der Waals surface area contributed by atoms with Gasteiger partial charge in [0.05, 0.1) is 18.4 Å². The Hall–Kier alpha value is -1.89. The van der Waals surface area contributed by atoms with Crippen molar-refractivity contribution in [2.45, 2.75) is 32.9 Å². The van der Waals surface area contributed by atoms with E-state index in [1.54, 1.807) is 0 Å². The van der Waals surface area contributed by atoms with Crippen LogP contribution in [0, 0.1) is 0 Å². The number of carboxylic acid groups (broad SMARTS) is 1. The molecular formula is C11H18N4O3. The number of carbonyl (C=O) groups excluding carboxylic acids is 1. The number of hydrogen-bond donors (Lipinski definition) is 3. The van der Waals surface area contributed by atoms with Crippen molar-refractivity contribution in [3.8, 4) is 0 Å². The minimum atomic E-state index is -0.981. The topological polar surface area (TPSA) is 96.3 Å². The number of amides is 1. The summed E-state index contributed by atoms with van der Waals surface area (Å²) in [5.41, 5.74) is 0.349. The van der Waals surface area contributed by atoms with Crippen LogP contribution in [0.2, 0.25) is 0 Å². The summed E-state index contributed by atoms with van der Waals surface area (Å²) in [6.07, 6.45) is 2.89. The Morgan fingerprint density at radius 2 is 2.11 bits per heavy atom. The Morgan fingerprint density at radius 3 is 2.67 bits per heavy atom. The first kappa shape index (κ1) is 14.2. The van der Waals surface area contributed by atoms with Crippen LogP contribution in [-0.2, 0) is 16.1 Å². The molecule has 0 saturated carbocycles. The molecule has 0 unspecified atom stereocenters. The molecule has 0 spiro atoms. The van der Waals surface area contributed by atoms with Gasteiger partial charge in [0.25, 0.3) is 0 Å². The number of nitrogens with one attached hydrogen (secondary N) is 2. The Morgan fingerprint density at radius 1 is 1.44 bits per heavy atom. The molecule has 0 aliphatic rings. The summed E-state index contributed by atoms with van der Waals surface area (Å²) in [6, 6.07) is 0. The number of carbonyl (C=O) groups is 2. The highest BCUT2D eigenvalue weighted by molar-refractivity contribution is 5.92. The van der Waals surface area contributed by atoms with Gasteiger partial charge in [-0.1, -0.05) is 0 Å². The van der Waals surface area contributed by atoms with Crippen LogP contribution in [0.1, 0.15) is 20.8 Å². The van der Waals surface area contributed by atoms with Gasteiger partial charge in [-0.25, -0.2) is 0 Å². The van der Waals surface area contributed by atoms with Crippen LogP contribution in [0.15, 0.2) is 12.4 Å². The van der Waals surface area contributed by atoms with Gasteiger partial charge in [0.15, 0.2) is 0 Å². The largest absolute Gasteiger partial charge is 0.480 e. The fourth-order valence-corrected chi connectivity index (χ4v) is 1.20. The SMILES string of the molecule is CC(C)(C)NCC(=O)Nc1cnn(CC(=O)O)c1. The lowest BCUT2D eigenvalue weighted by Gasteiger charge is -2.19. The fourth-order valence-electron chi connectivity index (χ4n) is 1.20. The van der Waals surface area contributed by atoms with E-state index >= 15 is 0 Å². The Bertz CT molecular complexity index is 434. The van der Waals surface area contributed by atoms with E-state index in [1.807, 2.05) is 20.8 Å². The number of rotatable bonds is 5. The van der Waals surface area contributed by atoms with Crippen molar-refractivity contribution in [3.63, 3.8) is 0 Å². The van der Waals surface area contributed by atoms with Crippen LogP contribution < -0.4 is 10.6 Å². The van der Waals surface area contributed by atoms with E-state index in [0.29, 0.717) is 5.69 Å². The predicted octanol–water partition coefficient (Wildman–Crippen LogP) is 0.294. The molecule has 7 nitrogen and oxygen atoms in total. The number of aromatic nitrogens is 2. The summed E-state index contributed by atoms with van der Waals surface area (Å²) in [7, 11) is 0. The number of anilines is 1. The molecule has 0 aromatic carbocycles. The van der Waals surface area contributed by atoms with Crippen molar-refractivity contribution >= 4 is 17.6 Å². The van der Waals surface area contributed by atoms with E-state index in [0.717, 1.165) is 0 Å². The molecular weight excluding hydrogens is 236 g/mol. The van der Waals surface area contributed by atoms with Crippen LogP contribution in [-0.4, -0.2) is 38.8 Å². The third-order valence-electron chi connectivity index (χ3n) is 1.99. The Labute approximate surface area is 105 Å². The lowest BCUT2D eigenvalue weighted by atomic mass is 10.1. The summed E-state index contributed by atoms with van der Waals surface area (Å²) in [6.45, 7) is 5.85. The van der Waals surface area contributed by atoms with Crippen LogP contribution >= 0.6 is 0 Å². The molecule has 0 saturated heterocycles. The maximum Gasteiger partial charge on any atom is 0.325 e. The summed E-state index contributed by atoms with van der Waals surface area (Å²) in [5, 5.41) is 18.1. The van der Waals surface area contributed by atoms with Crippen molar-refractivity contribution in [3.05, 3.63) is 12.4 Å². The number of carboxylic acids is 1. The van der Waals surface area contributed by atoms with E-state index in [2.05, 4.69) is 15.7 Å². The quantitative estimate of drug-likeness (QED) is 0.702. The average Bonchev–Trinajstić information content (AvgIpc) is 2.60. The second kappa shape index (κ2) is 5.63. The first-order chi connectivity index (χ1) is 8.26. The number of nitrogens with zero attached hydrogens (tertiary/aromatic N) is 2. The molecule has 0 radical (unpaired) electrons. The predicted molar refractivity (Wildman–Crippen MR) is 66.2 cm³/mol. The molecule has 0 fully saturated rings. The van der Waals surface area contributed by atoms with Crippen LogP contribution in [0.4, 0.5) is 5.69 Å². The van der Waals surface area contributed by atoms with Gasteiger partial charge < -0.3 is 15.7 Å². The van der Waals surface area contributed by atoms with Gasteiger partial charge in [-0.3, -0.25) is 14.3 Å². The van der Waals surface area contributed by atoms with E-state index in [9.17, 15) is 9.59 Å².